The number of phenols is 1. The van der Waals surface area contributed by atoms with E-state index in [2.05, 4.69) is 0 Å². The van der Waals surface area contributed by atoms with Crippen LogP contribution in [0.5, 0.6) is 11.5 Å². The number of Topliss-reactive ketones (excluding diaryl/α,β-unsaturated/α-hetero) is 1. The molecule has 0 bridgehead atoms. The van der Waals surface area contributed by atoms with Crippen LogP contribution in [0.25, 0.3) is 0 Å². The predicted octanol–water partition coefficient (Wildman–Crippen LogP) is 3.94. The number of carbonyl (C=O) groups is 4. The number of ether oxygens (including phenoxy) is 1. The first kappa shape index (κ1) is 25.4. The van der Waals surface area contributed by atoms with Crippen LogP contribution in [0.15, 0.2) is 76.9 Å². The Morgan fingerprint density at radius 1 is 1.05 bits per heavy atom. The molecule has 0 aromatic heterocycles. The van der Waals surface area contributed by atoms with Crippen LogP contribution < -0.4 is 9.64 Å². The van der Waals surface area contributed by atoms with Crippen molar-refractivity contribution in [2.75, 3.05) is 12.0 Å². The van der Waals surface area contributed by atoms with Gasteiger partial charge in [0.2, 0.25) is 11.8 Å². The van der Waals surface area contributed by atoms with Crippen molar-refractivity contribution in [3.63, 3.8) is 0 Å². The minimum absolute atomic E-state index is 0.0743. The molecular weight excluding hydrogens is 516 g/mol. The number of nitrogens with zero attached hydrogens (tertiary/aromatic N) is 2. The summed E-state index contributed by atoms with van der Waals surface area (Å²) >= 11 is 0. The molecule has 6 rings (SSSR count). The van der Waals surface area contributed by atoms with Gasteiger partial charge in [0.25, 0.3) is 5.69 Å². The summed E-state index contributed by atoms with van der Waals surface area (Å²) in [5.74, 6) is -4.52. The molecule has 1 heterocycles. The van der Waals surface area contributed by atoms with Crippen molar-refractivity contribution in [2.24, 2.45) is 17.8 Å². The molecule has 1 N–H and O–H groups in total. The molecule has 3 aliphatic carbocycles. The van der Waals surface area contributed by atoms with Gasteiger partial charge in [0.15, 0.2) is 11.6 Å². The number of allylic oxidation sites excluding steroid dienone is 6. The molecule has 10 heteroatoms. The van der Waals surface area contributed by atoms with Gasteiger partial charge in [0.05, 0.1) is 29.6 Å². The van der Waals surface area contributed by atoms with Gasteiger partial charge in [-0.2, -0.15) is 0 Å². The van der Waals surface area contributed by atoms with Gasteiger partial charge in [-0.15, -0.1) is 0 Å². The summed E-state index contributed by atoms with van der Waals surface area (Å²) in [6, 6.07) is 10.1. The van der Waals surface area contributed by atoms with Crippen LogP contribution in [0.2, 0.25) is 0 Å². The topological polar surface area (TPSA) is 144 Å². The zero-order chi connectivity index (χ0) is 28.5. The van der Waals surface area contributed by atoms with Crippen molar-refractivity contribution >= 4 is 34.8 Å². The highest BCUT2D eigenvalue weighted by atomic mass is 16.6. The maximum atomic E-state index is 13.9. The molecule has 2 aromatic rings. The first-order chi connectivity index (χ1) is 19.1. The zero-order valence-corrected chi connectivity index (χ0v) is 21.6. The van der Waals surface area contributed by atoms with E-state index in [9.17, 15) is 34.4 Å². The van der Waals surface area contributed by atoms with Crippen LogP contribution in [-0.2, 0) is 19.2 Å². The zero-order valence-electron chi connectivity index (χ0n) is 21.6. The number of nitro benzene ring substituents is 1. The Morgan fingerprint density at radius 3 is 2.52 bits per heavy atom. The Labute approximate surface area is 228 Å². The van der Waals surface area contributed by atoms with Gasteiger partial charge in [0.1, 0.15) is 11.5 Å². The van der Waals surface area contributed by atoms with Crippen molar-refractivity contribution in [1.82, 2.24) is 0 Å². The van der Waals surface area contributed by atoms with Crippen LogP contribution in [0.1, 0.15) is 31.2 Å². The fourth-order valence-electron chi connectivity index (χ4n) is 6.69. The number of anilines is 1. The molecule has 0 spiro atoms. The smallest absolute Gasteiger partial charge is 0.271 e. The normalized spacial score (nSPS) is 25.7. The van der Waals surface area contributed by atoms with Crippen LogP contribution in [0.3, 0.4) is 0 Å². The fraction of sp³-hybridized carbons (Fsp3) is 0.267. The van der Waals surface area contributed by atoms with Gasteiger partial charge >= 0.3 is 0 Å². The number of aromatic hydroxyl groups is 1. The minimum atomic E-state index is -0.860. The summed E-state index contributed by atoms with van der Waals surface area (Å²) in [5.41, 5.74) is 1.62. The van der Waals surface area contributed by atoms with Gasteiger partial charge in [-0.3, -0.25) is 29.3 Å². The third-order valence-corrected chi connectivity index (χ3v) is 8.42. The summed E-state index contributed by atoms with van der Waals surface area (Å²) in [7, 11) is 1.44. The number of carbonyl (C=O) groups excluding carboxylic acids is 4. The molecule has 0 radical (unpaired) electrons. The summed E-state index contributed by atoms with van der Waals surface area (Å²) in [4.78, 5) is 66.0. The summed E-state index contributed by atoms with van der Waals surface area (Å²) in [6.07, 6.45) is 3.38. The molecule has 4 unspecified atom stereocenters. The van der Waals surface area contributed by atoms with Crippen molar-refractivity contribution < 1.29 is 33.9 Å². The molecule has 1 saturated heterocycles. The molecule has 2 amide bonds. The lowest BCUT2D eigenvalue weighted by Gasteiger charge is -2.42. The molecule has 1 aliphatic heterocycles. The van der Waals surface area contributed by atoms with E-state index in [1.165, 1.54) is 43.5 Å². The molecule has 202 valence electrons. The second-order valence-electron chi connectivity index (χ2n) is 10.4. The Hall–Kier alpha value is -4.86. The SMILES string of the molecule is COc1cccc(O)c1C1C2=CCC3C(=O)N(c4cccc([N+](=O)[O-])c4)C(=O)C3C2CC2=C1C(=O)C(C)=CC2=O. The molecule has 10 nitrogen and oxygen atoms in total. The Bertz CT molecular complexity index is 1650. The molecule has 4 aliphatic rings. The van der Waals surface area contributed by atoms with Gasteiger partial charge in [-0.25, -0.2) is 4.90 Å². The highest BCUT2D eigenvalue weighted by Crippen LogP contribution is 2.57. The number of hydrogen-bond donors (Lipinski definition) is 1. The summed E-state index contributed by atoms with van der Waals surface area (Å²) in [6.45, 7) is 1.57. The third kappa shape index (κ3) is 3.55. The number of rotatable bonds is 4. The number of fused-ring (bicyclic) bond motifs is 3. The molecule has 0 saturated carbocycles. The van der Waals surface area contributed by atoms with Gasteiger partial charge in [-0.05, 0) is 50.0 Å². The maximum Gasteiger partial charge on any atom is 0.271 e. The first-order valence-electron chi connectivity index (χ1n) is 12.8. The first-order valence-corrected chi connectivity index (χ1v) is 12.8. The van der Waals surface area contributed by atoms with Crippen LogP contribution in [0, 0.1) is 27.9 Å². The van der Waals surface area contributed by atoms with E-state index in [0.29, 0.717) is 16.9 Å². The second-order valence-corrected chi connectivity index (χ2v) is 10.4. The highest BCUT2D eigenvalue weighted by molar-refractivity contribution is 6.25. The van der Waals surface area contributed by atoms with E-state index < -0.39 is 40.4 Å². The van der Waals surface area contributed by atoms with Crippen molar-refractivity contribution in [2.45, 2.75) is 25.7 Å². The molecule has 40 heavy (non-hydrogen) atoms. The number of non-ortho nitro benzene ring substituents is 1. The second kappa shape index (κ2) is 9.11. The number of methoxy groups -OCH3 is 1. The van der Waals surface area contributed by atoms with E-state index in [-0.39, 0.29) is 58.3 Å². The van der Waals surface area contributed by atoms with E-state index in [0.717, 1.165) is 4.90 Å². The van der Waals surface area contributed by atoms with Crippen LogP contribution >= 0.6 is 0 Å². The minimum Gasteiger partial charge on any atom is -0.507 e. The van der Waals surface area contributed by atoms with E-state index >= 15 is 0 Å². The monoisotopic (exact) mass is 540 g/mol. The Morgan fingerprint density at radius 2 is 1.80 bits per heavy atom. The average Bonchev–Trinajstić information content (AvgIpc) is 3.20. The molecule has 1 fully saturated rings. The third-order valence-electron chi connectivity index (χ3n) is 8.42. The van der Waals surface area contributed by atoms with Crippen molar-refractivity contribution in [3.8, 4) is 11.5 Å². The van der Waals surface area contributed by atoms with Gasteiger partial charge in [0, 0.05) is 40.3 Å². The lowest BCUT2D eigenvalue weighted by atomic mass is 9.59. The number of amides is 2. The summed E-state index contributed by atoms with van der Waals surface area (Å²) < 4.78 is 5.55. The number of ketones is 2. The maximum absolute atomic E-state index is 13.9. The number of imide groups is 1. The number of hydrogen-bond acceptors (Lipinski definition) is 8. The van der Waals surface area contributed by atoms with Crippen molar-refractivity contribution in [1.29, 1.82) is 0 Å². The number of nitro groups is 1. The average molecular weight is 541 g/mol. The van der Waals surface area contributed by atoms with Gasteiger partial charge in [-0.1, -0.05) is 23.8 Å². The quantitative estimate of drug-likeness (QED) is 0.202. The number of benzene rings is 2. The predicted molar refractivity (Wildman–Crippen MR) is 142 cm³/mol. The lowest BCUT2D eigenvalue weighted by molar-refractivity contribution is -0.384. The van der Waals surface area contributed by atoms with Crippen LogP contribution in [-0.4, -0.2) is 40.5 Å². The van der Waals surface area contributed by atoms with E-state index in [1.807, 2.05) is 6.08 Å². The highest BCUT2D eigenvalue weighted by Gasteiger charge is 2.57. The number of phenolic OH excluding ortho intramolecular Hbond substituents is 1. The largest absolute Gasteiger partial charge is 0.507 e. The lowest BCUT2D eigenvalue weighted by Crippen LogP contribution is -2.40. The van der Waals surface area contributed by atoms with Gasteiger partial charge < -0.3 is 9.84 Å². The van der Waals surface area contributed by atoms with E-state index in [4.69, 9.17) is 4.74 Å². The molecule has 2 aromatic carbocycles. The Balaban J connectivity index is 1.51. The Kier molecular flexibility index (Phi) is 5.79. The molecule has 4 atom stereocenters. The molecular formula is C30H24N2O8. The van der Waals surface area contributed by atoms with Crippen LogP contribution in [0.4, 0.5) is 11.4 Å². The van der Waals surface area contributed by atoms with E-state index in [1.54, 1.807) is 19.1 Å². The summed E-state index contributed by atoms with van der Waals surface area (Å²) in [5, 5.41) is 22.3. The van der Waals surface area contributed by atoms with Crippen molar-refractivity contribution in [3.05, 3.63) is 92.6 Å². The standard InChI is InChI=1S/C30H24N2O8/c1-14-11-22(34)20-13-19-17(25(26(20)28(14)35)27-21(33)7-4-8-23(27)40-2)9-10-18-24(19)30(37)31(29(18)36)15-5-3-6-16(12-15)32(38)39/h3-9,11-12,18-19,24-25,33H,10,13H2,1-2H3. The fourth-order valence-corrected chi connectivity index (χ4v) is 6.69.